The Morgan fingerprint density at radius 3 is 2.24 bits per heavy atom. The van der Waals surface area contributed by atoms with Gasteiger partial charge in [-0.05, 0) is 36.8 Å². The SMILES string of the molecule is CC(O)(CNS(=O)(=O)c1ccccc1)c1ccc(F)cc1. The predicted molar refractivity (Wildman–Crippen MR) is 77.6 cm³/mol. The molecule has 0 aromatic heterocycles. The summed E-state index contributed by atoms with van der Waals surface area (Å²) in [6, 6.07) is 13.2. The number of rotatable bonds is 5. The molecule has 2 aromatic carbocycles. The van der Waals surface area contributed by atoms with Crippen molar-refractivity contribution in [1.82, 2.24) is 4.72 Å². The number of benzene rings is 2. The summed E-state index contributed by atoms with van der Waals surface area (Å²) in [5, 5.41) is 10.3. The molecule has 2 rings (SSSR count). The Morgan fingerprint density at radius 2 is 1.67 bits per heavy atom. The Kier molecular flexibility index (Phi) is 4.41. The van der Waals surface area contributed by atoms with Crippen molar-refractivity contribution >= 4 is 10.0 Å². The monoisotopic (exact) mass is 309 g/mol. The van der Waals surface area contributed by atoms with Crippen LogP contribution in [0.15, 0.2) is 59.5 Å². The molecule has 2 N–H and O–H groups in total. The van der Waals surface area contributed by atoms with Gasteiger partial charge in [0.15, 0.2) is 0 Å². The molecular formula is C15H16FNO3S. The van der Waals surface area contributed by atoms with Crippen LogP contribution in [0.1, 0.15) is 12.5 Å². The van der Waals surface area contributed by atoms with Crippen LogP contribution >= 0.6 is 0 Å². The molecular weight excluding hydrogens is 293 g/mol. The van der Waals surface area contributed by atoms with Gasteiger partial charge in [-0.3, -0.25) is 0 Å². The average molecular weight is 309 g/mol. The smallest absolute Gasteiger partial charge is 0.240 e. The van der Waals surface area contributed by atoms with Gasteiger partial charge in [-0.2, -0.15) is 0 Å². The van der Waals surface area contributed by atoms with Crippen LogP contribution in [0.4, 0.5) is 4.39 Å². The summed E-state index contributed by atoms with van der Waals surface area (Å²) in [5.74, 6) is -0.417. The minimum Gasteiger partial charge on any atom is -0.384 e. The van der Waals surface area contributed by atoms with Crippen LogP contribution in [0.2, 0.25) is 0 Å². The maximum atomic E-state index is 12.9. The predicted octanol–water partition coefficient (Wildman–Crippen LogP) is 2.01. The van der Waals surface area contributed by atoms with Crippen molar-refractivity contribution in [3.63, 3.8) is 0 Å². The van der Waals surface area contributed by atoms with Crippen LogP contribution in [0.3, 0.4) is 0 Å². The van der Waals surface area contributed by atoms with Crippen molar-refractivity contribution in [2.24, 2.45) is 0 Å². The van der Waals surface area contributed by atoms with Gasteiger partial charge in [-0.1, -0.05) is 30.3 Å². The van der Waals surface area contributed by atoms with Gasteiger partial charge in [0.2, 0.25) is 10.0 Å². The summed E-state index contributed by atoms with van der Waals surface area (Å²) in [6.07, 6.45) is 0. The Labute approximate surface area is 123 Å². The molecule has 0 spiro atoms. The molecule has 0 radical (unpaired) electrons. The maximum absolute atomic E-state index is 12.9. The topological polar surface area (TPSA) is 66.4 Å². The molecule has 0 heterocycles. The molecule has 0 aliphatic heterocycles. The zero-order valence-corrected chi connectivity index (χ0v) is 12.3. The summed E-state index contributed by atoms with van der Waals surface area (Å²) in [6.45, 7) is 1.25. The van der Waals surface area contributed by atoms with E-state index in [1.807, 2.05) is 0 Å². The lowest BCUT2D eigenvalue weighted by atomic mass is 9.96. The van der Waals surface area contributed by atoms with E-state index in [0.717, 1.165) is 0 Å². The first-order valence-corrected chi connectivity index (χ1v) is 7.83. The van der Waals surface area contributed by atoms with Crippen molar-refractivity contribution in [3.05, 3.63) is 66.0 Å². The van der Waals surface area contributed by atoms with E-state index in [1.165, 1.54) is 43.3 Å². The number of sulfonamides is 1. The van der Waals surface area contributed by atoms with E-state index in [9.17, 15) is 17.9 Å². The van der Waals surface area contributed by atoms with E-state index in [4.69, 9.17) is 0 Å². The summed E-state index contributed by atoms with van der Waals surface area (Å²) in [5.41, 5.74) is -1.00. The van der Waals surface area contributed by atoms with Gasteiger partial charge in [-0.25, -0.2) is 17.5 Å². The molecule has 0 saturated carbocycles. The Hall–Kier alpha value is -1.76. The van der Waals surface area contributed by atoms with Crippen LogP contribution in [0.5, 0.6) is 0 Å². The van der Waals surface area contributed by atoms with E-state index in [2.05, 4.69) is 4.72 Å². The number of hydrogen-bond acceptors (Lipinski definition) is 3. The van der Waals surface area contributed by atoms with Crippen molar-refractivity contribution in [3.8, 4) is 0 Å². The highest BCUT2D eigenvalue weighted by molar-refractivity contribution is 7.89. The molecule has 1 unspecified atom stereocenters. The minimum absolute atomic E-state index is 0.125. The van der Waals surface area contributed by atoms with Gasteiger partial charge in [0, 0.05) is 6.54 Å². The highest BCUT2D eigenvalue weighted by atomic mass is 32.2. The Balaban J connectivity index is 2.13. The molecule has 112 valence electrons. The highest BCUT2D eigenvalue weighted by Gasteiger charge is 2.26. The summed E-state index contributed by atoms with van der Waals surface area (Å²) in [7, 11) is -3.69. The van der Waals surface area contributed by atoms with E-state index >= 15 is 0 Å². The van der Waals surface area contributed by atoms with Crippen LogP contribution in [0.25, 0.3) is 0 Å². The normalized spacial score (nSPS) is 14.6. The van der Waals surface area contributed by atoms with Gasteiger partial charge in [0.1, 0.15) is 11.4 Å². The third-order valence-electron chi connectivity index (χ3n) is 3.13. The first-order valence-electron chi connectivity index (χ1n) is 6.34. The molecule has 1 atom stereocenters. The maximum Gasteiger partial charge on any atom is 0.240 e. The Morgan fingerprint density at radius 1 is 1.10 bits per heavy atom. The fraction of sp³-hybridized carbons (Fsp3) is 0.200. The molecule has 0 aliphatic carbocycles. The van der Waals surface area contributed by atoms with Crippen LogP contribution < -0.4 is 4.72 Å². The average Bonchev–Trinajstić information content (AvgIpc) is 2.47. The van der Waals surface area contributed by atoms with Crippen LogP contribution in [-0.2, 0) is 15.6 Å². The van der Waals surface area contributed by atoms with Gasteiger partial charge >= 0.3 is 0 Å². The van der Waals surface area contributed by atoms with Gasteiger partial charge in [0.05, 0.1) is 4.90 Å². The molecule has 0 amide bonds. The second kappa shape index (κ2) is 5.93. The molecule has 0 saturated heterocycles. The molecule has 0 fully saturated rings. The van der Waals surface area contributed by atoms with Crippen LogP contribution in [-0.4, -0.2) is 20.1 Å². The van der Waals surface area contributed by atoms with Gasteiger partial charge in [0.25, 0.3) is 0 Å². The molecule has 0 aliphatic rings. The lowest BCUT2D eigenvalue weighted by Crippen LogP contribution is -2.38. The fourth-order valence-electron chi connectivity index (χ4n) is 1.83. The summed E-state index contributed by atoms with van der Waals surface area (Å²) in [4.78, 5) is 0.125. The quantitative estimate of drug-likeness (QED) is 0.888. The largest absolute Gasteiger partial charge is 0.384 e. The van der Waals surface area contributed by atoms with Crippen molar-refractivity contribution in [2.45, 2.75) is 17.4 Å². The standard InChI is InChI=1S/C15H16FNO3S/c1-15(18,12-7-9-13(16)10-8-12)11-17-21(19,20)14-5-3-2-4-6-14/h2-10,17-18H,11H2,1H3. The number of nitrogens with one attached hydrogen (secondary N) is 1. The second-order valence-electron chi connectivity index (χ2n) is 4.92. The zero-order valence-electron chi connectivity index (χ0n) is 11.5. The van der Waals surface area contributed by atoms with Crippen molar-refractivity contribution < 1.29 is 17.9 Å². The lowest BCUT2D eigenvalue weighted by Gasteiger charge is -2.24. The lowest BCUT2D eigenvalue weighted by molar-refractivity contribution is 0.0627. The zero-order chi connectivity index (χ0) is 15.5. The first-order chi connectivity index (χ1) is 9.81. The molecule has 2 aromatic rings. The third kappa shape index (κ3) is 3.87. The number of aliphatic hydroxyl groups is 1. The highest BCUT2D eigenvalue weighted by Crippen LogP contribution is 2.20. The van der Waals surface area contributed by atoms with Gasteiger partial charge < -0.3 is 5.11 Å². The first kappa shape index (κ1) is 15.6. The van der Waals surface area contributed by atoms with Crippen LogP contribution in [0, 0.1) is 5.82 Å². The van der Waals surface area contributed by atoms with Crippen molar-refractivity contribution in [1.29, 1.82) is 0 Å². The minimum atomic E-state index is -3.69. The fourth-order valence-corrected chi connectivity index (χ4v) is 2.98. The third-order valence-corrected chi connectivity index (χ3v) is 4.54. The van der Waals surface area contributed by atoms with E-state index in [-0.39, 0.29) is 11.4 Å². The van der Waals surface area contributed by atoms with E-state index in [1.54, 1.807) is 18.2 Å². The molecule has 4 nitrogen and oxygen atoms in total. The molecule has 0 bridgehead atoms. The van der Waals surface area contributed by atoms with E-state index in [0.29, 0.717) is 5.56 Å². The molecule has 21 heavy (non-hydrogen) atoms. The molecule has 6 heteroatoms. The number of hydrogen-bond donors (Lipinski definition) is 2. The van der Waals surface area contributed by atoms with Crippen molar-refractivity contribution in [2.75, 3.05) is 6.54 Å². The van der Waals surface area contributed by atoms with Gasteiger partial charge in [-0.15, -0.1) is 0 Å². The summed E-state index contributed by atoms with van der Waals surface area (Å²) >= 11 is 0. The van der Waals surface area contributed by atoms with E-state index < -0.39 is 21.4 Å². The summed E-state index contributed by atoms with van der Waals surface area (Å²) < 4.78 is 39.4. The second-order valence-corrected chi connectivity index (χ2v) is 6.69. The Bertz CT molecular complexity index is 697. The number of halogens is 1.